The highest BCUT2D eigenvalue weighted by Crippen LogP contribution is 2.41. The second kappa shape index (κ2) is 6.06. The predicted molar refractivity (Wildman–Crippen MR) is 81.9 cm³/mol. The van der Waals surface area contributed by atoms with Crippen LogP contribution in [0.2, 0.25) is 0 Å². The van der Waals surface area contributed by atoms with Gasteiger partial charge in [-0.3, -0.25) is 4.90 Å². The third-order valence-electron chi connectivity index (χ3n) is 5.35. The maximum Gasteiger partial charge on any atom is 0.0360 e. The highest BCUT2D eigenvalue weighted by Gasteiger charge is 2.43. The third-order valence-corrected chi connectivity index (χ3v) is 5.35. The minimum Gasteiger partial charge on any atom is -0.329 e. The van der Waals surface area contributed by atoms with Gasteiger partial charge in [-0.25, -0.2) is 0 Å². The van der Waals surface area contributed by atoms with E-state index in [1.165, 1.54) is 24.8 Å². The Morgan fingerprint density at radius 1 is 1.26 bits per heavy atom. The lowest BCUT2D eigenvalue weighted by atomic mass is 9.67. The first kappa shape index (κ1) is 14.5. The molecule has 1 aliphatic carbocycles. The average Bonchev–Trinajstić information content (AvgIpc) is 2.43. The van der Waals surface area contributed by atoms with Crippen LogP contribution < -0.4 is 5.73 Å². The first-order valence-corrected chi connectivity index (χ1v) is 7.55. The minimum atomic E-state index is 0.174. The molecule has 0 saturated heterocycles. The largest absolute Gasteiger partial charge is 0.329 e. The molecule has 1 aromatic rings. The molecule has 0 amide bonds. The molecule has 1 saturated carbocycles. The maximum atomic E-state index is 6.20. The zero-order valence-electron chi connectivity index (χ0n) is 12.6. The molecule has 106 valence electrons. The minimum absolute atomic E-state index is 0.174. The standard InChI is InChI=1S/C17H28N2/c1-14-8-7-11-17(13-18,15(14)2)19(3)12-16-9-5-4-6-10-16/h4-6,9-10,14-15H,7-8,11-13,18H2,1-3H3. The molecule has 1 aliphatic rings. The van der Waals surface area contributed by atoms with Crippen molar-refractivity contribution in [1.29, 1.82) is 0 Å². The molecule has 1 aromatic carbocycles. The molecule has 2 N–H and O–H groups in total. The smallest absolute Gasteiger partial charge is 0.0360 e. The number of hydrogen-bond acceptors (Lipinski definition) is 2. The fourth-order valence-corrected chi connectivity index (χ4v) is 3.73. The third kappa shape index (κ3) is 2.85. The van der Waals surface area contributed by atoms with E-state index in [0.29, 0.717) is 5.92 Å². The van der Waals surface area contributed by atoms with Crippen LogP contribution in [-0.2, 0) is 6.54 Å². The van der Waals surface area contributed by atoms with Gasteiger partial charge < -0.3 is 5.73 Å². The van der Waals surface area contributed by atoms with E-state index in [2.05, 4.69) is 56.1 Å². The summed E-state index contributed by atoms with van der Waals surface area (Å²) in [6.45, 7) is 6.53. The monoisotopic (exact) mass is 260 g/mol. The van der Waals surface area contributed by atoms with Gasteiger partial charge in [-0.1, -0.05) is 57.0 Å². The molecule has 3 unspecified atom stereocenters. The normalized spacial score (nSPS) is 31.6. The van der Waals surface area contributed by atoms with Crippen molar-refractivity contribution in [2.24, 2.45) is 17.6 Å². The molecular weight excluding hydrogens is 232 g/mol. The van der Waals surface area contributed by atoms with Gasteiger partial charge in [-0.2, -0.15) is 0 Å². The van der Waals surface area contributed by atoms with E-state index in [1.54, 1.807) is 0 Å². The van der Waals surface area contributed by atoms with Crippen molar-refractivity contribution in [2.75, 3.05) is 13.6 Å². The van der Waals surface area contributed by atoms with E-state index in [0.717, 1.165) is 19.0 Å². The van der Waals surface area contributed by atoms with Crippen molar-refractivity contribution in [3.63, 3.8) is 0 Å². The molecule has 0 aliphatic heterocycles. The van der Waals surface area contributed by atoms with Crippen LogP contribution in [0.1, 0.15) is 38.7 Å². The van der Waals surface area contributed by atoms with Crippen LogP contribution in [0.15, 0.2) is 30.3 Å². The second-order valence-electron chi connectivity index (χ2n) is 6.31. The predicted octanol–water partition coefficient (Wildman–Crippen LogP) is 3.27. The first-order chi connectivity index (χ1) is 9.10. The number of likely N-dealkylation sites (N-methyl/N-ethyl adjacent to an activating group) is 1. The Balaban J connectivity index is 2.16. The van der Waals surface area contributed by atoms with Gasteiger partial charge in [0.05, 0.1) is 0 Å². The van der Waals surface area contributed by atoms with E-state index in [9.17, 15) is 0 Å². The van der Waals surface area contributed by atoms with Gasteiger partial charge in [-0.15, -0.1) is 0 Å². The van der Waals surface area contributed by atoms with Gasteiger partial charge >= 0.3 is 0 Å². The van der Waals surface area contributed by atoms with Crippen molar-refractivity contribution < 1.29 is 0 Å². The van der Waals surface area contributed by atoms with E-state index < -0.39 is 0 Å². The van der Waals surface area contributed by atoms with Crippen molar-refractivity contribution in [3.05, 3.63) is 35.9 Å². The van der Waals surface area contributed by atoms with E-state index in [4.69, 9.17) is 5.73 Å². The molecule has 0 aromatic heterocycles. The topological polar surface area (TPSA) is 29.3 Å². The van der Waals surface area contributed by atoms with Crippen molar-refractivity contribution >= 4 is 0 Å². The quantitative estimate of drug-likeness (QED) is 0.900. The molecule has 0 heterocycles. The number of rotatable bonds is 4. The van der Waals surface area contributed by atoms with Crippen LogP contribution in [0.4, 0.5) is 0 Å². The number of benzene rings is 1. The van der Waals surface area contributed by atoms with Crippen LogP contribution in [0.3, 0.4) is 0 Å². The molecule has 0 radical (unpaired) electrons. The van der Waals surface area contributed by atoms with Crippen LogP contribution >= 0.6 is 0 Å². The van der Waals surface area contributed by atoms with Crippen LogP contribution in [-0.4, -0.2) is 24.0 Å². The lowest BCUT2D eigenvalue weighted by molar-refractivity contribution is 0.00137. The Morgan fingerprint density at radius 3 is 2.58 bits per heavy atom. The van der Waals surface area contributed by atoms with E-state index >= 15 is 0 Å². The maximum absolute atomic E-state index is 6.20. The zero-order chi connectivity index (χ0) is 13.9. The van der Waals surface area contributed by atoms with Gasteiger partial charge in [0, 0.05) is 18.6 Å². The Kier molecular flexibility index (Phi) is 4.64. The van der Waals surface area contributed by atoms with Crippen LogP contribution in [0.5, 0.6) is 0 Å². The summed E-state index contributed by atoms with van der Waals surface area (Å²) in [5.41, 5.74) is 7.76. The molecule has 0 bridgehead atoms. The van der Waals surface area contributed by atoms with E-state index in [1.807, 2.05) is 0 Å². The summed E-state index contributed by atoms with van der Waals surface area (Å²) in [5.74, 6) is 1.44. The van der Waals surface area contributed by atoms with Crippen LogP contribution in [0.25, 0.3) is 0 Å². The summed E-state index contributed by atoms with van der Waals surface area (Å²) in [5, 5.41) is 0. The second-order valence-corrected chi connectivity index (χ2v) is 6.31. The van der Waals surface area contributed by atoms with E-state index in [-0.39, 0.29) is 5.54 Å². The molecule has 2 rings (SSSR count). The fourth-order valence-electron chi connectivity index (χ4n) is 3.73. The Morgan fingerprint density at radius 2 is 1.95 bits per heavy atom. The number of nitrogens with zero attached hydrogens (tertiary/aromatic N) is 1. The average molecular weight is 260 g/mol. The highest BCUT2D eigenvalue weighted by molar-refractivity contribution is 5.15. The zero-order valence-corrected chi connectivity index (χ0v) is 12.6. The van der Waals surface area contributed by atoms with Crippen molar-refractivity contribution in [3.8, 4) is 0 Å². The summed E-state index contributed by atoms with van der Waals surface area (Å²) in [6, 6.07) is 10.7. The van der Waals surface area contributed by atoms with Gasteiger partial charge in [0.15, 0.2) is 0 Å². The number of hydrogen-bond donors (Lipinski definition) is 1. The summed E-state index contributed by atoms with van der Waals surface area (Å²) in [6.07, 6.45) is 3.89. The first-order valence-electron chi connectivity index (χ1n) is 7.55. The summed E-state index contributed by atoms with van der Waals surface area (Å²) >= 11 is 0. The fraction of sp³-hybridized carbons (Fsp3) is 0.647. The Bertz CT molecular complexity index is 390. The SMILES string of the molecule is CC1CCCC(CN)(N(C)Cc2ccccc2)C1C. The number of nitrogens with two attached hydrogens (primary N) is 1. The highest BCUT2D eigenvalue weighted by atomic mass is 15.2. The van der Waals surface area contributed by atoms with Gasteiger partial charge in [0.25, 0.3) is 0 Å². The van der Waals surface area contributed by atoms with Gasteiger partial charge in [-0.05, 0) is 30.9 Å². The summed E-state index contributed by atoms with van der Waals surface area (Å²) < 4.78 is 0. The summed E-state index contributed by atoms with van der Waals surface area (Å²) in [4.78, 5) is 2.50. The molecule has 0 spiro atoms. The molecule has 19 heavy (non-hydrogen) atoms. The van der Waals surface area contributed by atoms with Crippen molar-refractivity contribution in [1.82, 2.24) is 4.90 Å². The van der Waals surface area contributed by atoms with Crippen molar-refractivity contribution in [2.45, 2.75) is 45.2 Å². The van der Waals surface area contributed by atoms with Crippen LogP contribution in [0, 0.1) is 11.8 Å². The Hall–Kier alpha value is -0.860. The van der Waals surface area contributed by atoms with Gasteiger partial charge in [0.1, 0.15) is 0 Å². The van der Waals surface area contributed by atoms with Gasteiger partial charge in [0.2, 0.25) is 0 Å². The molecule has 1 fully saturated rings. The lowest BCUT2D eigenvalue weighted by Crippen LogP contribution is -2.59. The molecule has 2 heteroatoms. The lowest BCUT2D eigenvalue weighted by Gasteiger charge is -2.51. The Labute approximate surface area is 118 Å². The molecule has 2 nitrogen and oxygen atoms in total. The molecular formula is C17H28N2. The molecule has 3 atom stereocenters. The summed E-state index contributed by atoms with van der Waals surface area (Å²) in [7, 11) is 2.24.